The second-order valence-electron chi connectivity index (χ2n) is 8.01. The van der Waals surface area contributed by atoms with E-state index in [9.17, 15) is 23.5 Å². The number of aromatic nitrogens is 1. The molecule has 0 amide bonds. The van der Waals surface area contributed by atoms with Crippen LogP contribution in [0.1, 0.15) is 21.5 Å². The van der Waals surface area contributed by atoms with Crippen LogP contribution in [0.2, 0.25) is 0 Å². The summed E-state index contributed by atoms with van der Waals surface area (Å²) >= 11 is 0. The molecule has 3 aromatic carbocycles. The fourth-order valence-electron chi connectivity index (χ4n) is 4.45. The number of benzene rings is 3. The number of pyridine rings is 1. The summed E-state index contributed by atoms with van der Waals surface area (Å²) in [6.45, 7) is 0.231. The molecule has 35 heavy (non-hydrogen) atoms. The maximum atomic E-state index is 16.0. The number of methoxy groups -OCH3 is 1. The number of hydrogen-bond acceptors (Lipinski definition) is 4. The number of fused-ring (bicyclic) bond motifs is 2. The van der Waals surface area contributed by atoms with Crippen LogP contribution in [0.25, 0.3) is 16.6 Å². The Hall–Kier alpha value is -4.34. The maximum absolute atomic E-state index is 16.0. The zero-order valence-corrected chi connectivity index (χ0v) is 18.1. The third kappa shape index (κ3) is 3.49. The summed E-state index contributed by atoms with van der Waals surface area (Å²) < 4.78 is 65.6. The van der Waals surface area contributed by atoms with E-state index in [1.54, 1.807) is 18.2 Å². The van der Waals surface area contributed by atoms with Crippen molar-refractivity contribution >= 4 is 22.6 Å². The molecule has 0 aliphatic carbocycles. The average Bonchev–Trinajstić information content (AvgIpc) is 3.23. The molecule has 4 aromatic rings. The highest BCUT2D eigenvalue weighted by molar-refractivity contribution is 5.94. The van der Waals surface area contributed by atoms with Gasteiger partial charge in [0.25, 0.3) is 0 Å². The molecule has 0 unspecified atom stereocenters. The summed E-state index contributed by atoms with van der Waals surface area (Å²) in [5.41, 5.74) is -1.88. The van der Waals surface area contributed by atoms with Gasteiger partial charge in [-0.05, 0) is 29.8 Å². The molecule has 1 aliphatic rings. The van der Waals surface area contributed by atoms with Gasteiger partial charge in [-0.2, -0.15) is 0 Å². The number of halogens is 4. The van der Waals surface area contributed by atoms with E-state index in [1.165, 1.54) is 12.0 Å². The predicted molar refractivity (Wildman–Crippen MR) is 119 cm³/mol. The van der Waals surface area contributed by atoms with E-state index in [4.69, 9.17) is 4.74 Å². The van der Waals surface area contributed by atoms with Gasteiger partial charge in [0.1, 0.15) is 34.5 Å². The van der Waals surface area contributed by atoms with E-state index in [0.29, 0.717) is 11.8 Å². The number of anilines is 1. The number of carbonyl (C=O) groups is 1. The SMILES string of the molecule is COc1cccc2c1CN(c1c(F)cc3c(=O)c(C(=O)O)cn(-c4ccc(F)cc4F)c3c1F)C2. The number of carboxylic acids is 1. The maximum Gasteiger partial charge on any atom is 0.341 e. The minimum Gasteiger partial charge on any atom is -0.496 e. The summed E-state index contributed by atoms with van der Waals surface area (Å²) in [4.78, 5) is 25.8. The lowest BCUT2D eigenvalue weighted by Gasteiger charge is -2.22. The molecule has 1 N–H and O–H groups in total. The van der Waals surface area contributed by atoms with E-state index >= 15 is 8.78 Å². The number of aromatic carboxylic acids is 1. The molecule has 178 valence electrons. The molecule has 6 nitrogen and oxygen atoms in total. The average molecular weight is 484 g/mol. The Labute approximate surface area is 195 Å². The Morgan fingerprint density at radius 1 is 1.03 bits per heavy atom. The van der Waals surface area contributed by atoms with Gasteiger partial charge in [0, 0.05) is 30.9 Å². The van der Waals surface area contributed by atoms with Crippen molar-refractivity contribution in [1.29, 1.82) is 0 Å². The van der Waals surface area contributed by atoms with Gasteiger partial charge in [0.05, 0.1) is 23.7 Å². The van der Waals surface area contributed by atoms with Gasteiger partial charge in [0.15, 0.2) is 5.82 Å². The van der Waals surface area contributed by atoms with E-state index < -0.39 is 62.5 Å². The second kappa shape index (κ2) is 8.15. The zero-order chi connectivity index (χ0) is 25.0. The Morgan fingerprint density at radius 3 is 2.49 bits per heavy atom. The zero-order valence-electron chi connectivity index (χ0n) is 18.1. The Morgan fingerprint density at radius 2 is 1.80 bits per heavy atom. The topological polar surface area (TPSA) is 71.8 Å². The van der Waals surface area contributed by atoms with Crippen molar-refractivity contribution in [1.82, 2.24) is 4.57 Å². The molecule has 1 aromatic heterocycles. The molecule has 0 saturated heterocycles. The van der Waals surface area contributed by atoms with Crippen molar-refractivity contribution in [3.8, 4) is 11.4 Å². The second-order valence-corrected chi connectivity index (χ2v) is 8.01. The van der Waals surface area contributed by atoms with E-state index in [1.807, 2.05) is 0 Å². The largest absolute Gasteiger partial charge is 0.496 e. The lowest BCUT2D eigenvalue weighted by molar-refractivity contribution is 0.0695. The van der Waals surface area contributed by atoms with Crippen LogP contribution < -0.4 is 15.1 Å². The first-order chi connectivity index (χ1) is 16.7. The lowest BCUT2D eigenvalue weighted by Crippen LogP contribution is -2.23. The fraction of sp³-hybridized carbons (Fsp3) is 0.120. The summed E-state index contributed by atoms with van der Waals surface area (Å²) in [7, 11) is 1.48. The smallest absolute Gasteiger partial charge is 0.341 e. The first-order valence-corrected chi connectivity index (χ1v) is 10.4. The number of nitrogens with zero attached hydrogens (tertiary/aromatic N) is 2. The quantitative estimate of drug-likeness (QED) is 0.423. The number of ether oxygens (including phenoxy) is 1. The van der Waals surface area contributed by atoms with E-state index in [-0.39, 0.29) is 13.1 Å². The van der Waals surface area contributed by atoms with Crippen molar-refractivity contribution in [2.75, 3.05) is 12.0 Å². The van der Waals surface area contributed by atoms with Crippen LogP contribution in [0.15, 0.2) is 53.5 Å². The van der Waals surface area contributed by atoms with E-state index in [0.717, 1.165) is 40.1 Å². The summed E-state index contributed by atoms with van der Waals surface area (Å²) in [6.07, 6.45) is 0.746. The minimum absolute atomic E-state index is 0.0983. The van der Waals surface area contributed by atoms with Crippen molar-refractivity contribution < 1.29 is 32.2 Å². The minimum atomic E-state index is -1.67. The molecular weight excluding hydrogens is 468 g/mol. The third-order valence-electron chi connectivity index (χ3n) is 6.03. The number of rotatable bonds is 4. The van der Waals surface area contributed by atoms with E-state index in [2.05, 4.69) is 0 Å². The fourth-order valence-corrected chi connectivity index (χ4v) is 4.45. The van der Waals surface area contributed by atoms with Crippen LogP contribution in [0.3, 0.4) is 0 Å². The molecule has 5 rings (SSSR count). The van der Waals surface area contributed by atoms with Gasteiger partial charge in [-0.25, -0.2) is 22.4 Å². The van der Waals surface area contributed by atoms with Gasteiger partial charge in [-0.15, -0.1) is 0 Å². The normalized spacial score (nSPS) is 12.8. The predicted octanol–water partition coefficient (Wildman–Crippen LogP) is 4.77. The van der Waals surface area contributed by atoms with Crippen LogP contribution >= 0.6 is 0 Å². The molecule has 1 aliphatic heterocycles. The lowest BCUT2D eigenvalue weighted by atomic mass is 10.1. The van der Waals surface area contributed by atoms with Crippen LogP contribution in [0.5, 0.6) is 5.75 Å². The van der Waals surface area contributed by atoms with Gasteiger partial charge < -0.3 is 19.3 Å². The summed E-state index contributed by atoms with van der Waals surface area (Å²) in [5, 5.41) is 8.85. The molecule has 0 saturated carbocycles. The molecule has 0 spiro atoms. The van der Waals surface area contributed by atoms with Crippen molar-refractivity contribution in [3.05, 3.63) is 98.8 Å². The molecule has 0 bridgehead atoms. The van der Waals surface area contributed by atoms with Gasteiger partial charge >= 0.3 is 5.97 Å². The summed E-state index contributed by atoms with van der Waals surface area (Å²) in [6, 6.07) is 8.39. The Bertz CT molecular complexity index is 1600. The van der Waals surface area contributed by atoms with Gasteiger partial charge in [-0.1, -0.05) is 12.1 Å². The first kappa shape index (κ1) is 22.5. The van der Waals surface area contributed by atoms with Crippen LogP contribution in [-0.4, -0.2) is 22.8 Å². The Balaban J connectivity index is 1.80. The standard InChI is InChI=1S/C25H16F4N2O4/c1-35-20-4-2-3-12-9-30(10-15(12)20)23-18(28)8-14-22(21(23)29)31(11-16(24(14)32)25(33)34)19-6-5-13(26)7-17(19)27/h2-8,11H,9-10H2,1H3,(H,33,34). The van der Waals surface area contributed by atoms with Crippen LogP contribution in [0.4, 0.5) is 23.2 Å². The molecule has 0 atom stereocenters. The highest BCUT2D eigenvalue weighted by atomic mass is 19.1. The molecule has 10 heteroatoms. The van der Waals surface area contributed by atoms with Crippen LogP contribution in [0, 0.1) is 23.3 Å². The molecular formula is C25H16F4N2O4. The van der Waals surface area contributed by atoms with Gasteiger partial charge in [-0.3, -0.25) is 4.79 Å². The number of hydrogen-bond donors (Lipinski definition) is 1. The third-order valence-corrected chi connectivity index (χ3v) is 6.03. The van der Waals surface area contributed by atoms with Crippen molar-refractivity contribution in [2.45, 2.75) is 13.1 Å². The first-order valence-electron chi connectivity index (χ1n) is 10.4. The molecule has 0 radical (unpaired) electrons. The van der Waals surface area contributed by atoms with Gasteiger partial charge in [0.2, 0.25) is 5.43 Å². The number of carboxylic acid groups (broad SMARTS) is 1. The molecule has 0 fully saturated rings. The molecule has 2 heterocycles. The summed E-state index contributed by atoms with van der Waals surface area (Å²) in [5.74, 6) is -5.44. The van der Waals surface area contributed by atoms with Crippen molar-refractivity contribution in [2.24, 2.45) is 0 Å². The van der Waals surface area contributed by atoms with Crippen molar-refractivity contribution in [3.63, 3.8) is 0 Å². The van der Waals surface area contributed by atoms with Crippen LogP contribution in [-0.2, 0) is 13.1 Å². The highest BCUT2D eigenvalue weighted by Gasteiger charge is 2.30. The monoisotopic (exact) mass is 484 g/mol. The highest BCUT2D eigenvalue weighted by Crippen LogP contribution is 2.38. The Kier molecular flexibility index (Phi) is 5.23.